The number of hydrogen-bond donors (Lipinski definition) is 1. The van der Waals surface area contributed by atoms with Crippen LogP contribution in [0.5, 0.6) is 0 Å². The van der Waals surface area contributed by atoms with E-state index in [1.165, 1.54) is 0 Å². The van der Waals surface area contributed by atoms with Crippen LogP contribution in [0.2, 0.25) is 0 Å². The molecule has 1 rings (SSSR count). The molecule has 0 bridgehead atoms. The van der Waals surface area contributed by atoms with Crippen molar-refractivity contribution < 1.29 is 0 Å². The molecule has 1 heterocycles. The van der Waals surface area contributed by atoms with E-state index in [4.69, 9.17) is 5.73 Å². The smallest absolute Gasteiger partial charge is 0.0543 e. The van der Waals surface area contributed by atoms with Gasteiger partial charge >= 0.3 is 0 Å². The Morgan fingerprint density at radius 1 is 1.50 bits per heavy atom. The molecule has 14 heavy (non-hydrogen) atoms. The lowest BCUT2D eigenvalue weighted by atomic mass is 10.2. The maximum atomic E-state index is 5.57. The standard InChI is InChI=1S/C11H19N3/c1-10(7-12)8-14(2)9-11-5-3-4-6-13-11/h3-6,10H,7-9,12H2,1-2H3. The number of pyridine rings is 1. The average molecular weight is 193 g/mol. The third-order valence-electron chi connectivity index (χ3n) is 2.18. The summed E-state index contributed by atoms with van der Waals surface area (Å²) < 4.78 is 0. The second-order valence-corrected chi connectivity index (χ2v) is 3.86. The van der Waals surface area contributed by atoms with Gasteiger partial charge in [-0.2, -0.15) is 0 Å². The minimum atomic E-state index is 0.545. The molecule has 0 aliphatic heterocycles. The summed E-state index contributed by atoms with van der Waals surface area (Å²) in [4.78, 5) is 6.53. The zero-order valence-electron chi connectivity index (χ0n) is 8.98. The number of aromatic nitrogens is 1. The minimum absolute atomic E-state index is 0.545. The van der Waals surface area contributed by atoms with Crippen LogP contribution in [0.4, 0.5) is 0 Å². The summed E-state index contributed by atoms with van der Waals surface area (Å²) in [5.74, 6) is 0.545. The Balaban J connectivity index is 2.37. The van der Waals surface area contributed by atoms with Crippen LogP contribution in [0.1, 0.15) is 12.6 Å². The summed E-state index contributed by atoms with van der Waals surface area (Å²) in [7, 11) is 2.10. The van der Waals surface area contributed by atoms with E-state index >= 15 is 0 Å². The van der Waals surface area contributed by atoms with Gasteiger partial charge in [0.25, 0.3) is 0 Å². The van der Waals surface area contributed by atoms with Crippen LogP contribution < -0.4 is 5.73 Å². The van der Waals surface area contributed by atoms with Crippen molar-refractivity contribution in [3.05, 3.63) is 30.1 Å². The molecule has 2 N–H and O–H groups in total. The first-order valence-electron chi connectivity index (χ1n) is 5.01. The molecule has 0 amide bonds. The summed E-state index contributed by atoms with van der Waals surface area (Å²) in [6, 6.07) is 6.00. The predicted octanol–water partition coefficient (Wildman–Crippen LogP) is 1.11. The molecule has 0 spiro atoms. The van der Waals surface area contributed by atoms with E-state index in [9.17, 15) is 0 Å². The first-order valence-corrected chi connectivity index (χ1v) is 5.01. The zero-order chi connectivity index (χ0) is 10.4. The highest BCUT2D eigenvalue weighted by molar-refractivity contribution is 5.02. The largest absolute Gasteiger partial charge is 0.330 e. The van der Waals surface area contributed by atoms with Gasteiger partial charge in [0.1, 0.15) is 0 Å². The Bertz CT molecular complexity index is 248. The van der Waals surface area contributed by atoms with E-state index in [0.29, 0.717) is 5.92 Å². The lowest BCUT2D eigenvalue weighted by molar-refractivity contribution is 0.279. The van der Waals surface area contributed by atoms with Crippen molar-refractivity contribution in [3.8, 4) is 0 Å². The van der Waals surface area contributed by atoms with E-state index in [-0.39, 0.29) is 0 Å². The first kappa shape index (κ1) is 11.1. The monoisotopic (exact) mass is 193 g/mol. The van der Waals surface area contributed by atoms with Gasteiger partial charge in [-0.25, -0.2) is 0 Å². The zero-order valence-corrected chi connectivity index (χ0v) is 8.98. The number of nitrogens with two attached hydrogens (primary N) is 1. The molecule has 3 heteroatoms. The van der Waals surface area contributed by atoms with Crippen molar-refractivity contribution in [1.29, 1.82) is 0 Å². The van der Waals surface area contributed by atoms with Gasteiger partial charge in [-0.15, -0.1) is 0 Å². The minimum Gasteiger partial charge on any atom is -0.330 e. The van der Waals surface area contributed by atoms with E-state index in [1.54, 1.807) is 0 Å². The number of nitrogens with zero attached hydrogens (tertiary/aromatic N) is 2. The van der Waals surface area contributed by atoms with Crippen molar-refractivity contribution in [3.63, 3.8) is 0 Å². The molecule has 1 atom stereocenters. The quantitative estimate of drug-likeness (QED) is 0.761. The summed E-state index contributed by atoms with van der Waals surface area (Å²) in [5.41, 5.74) is 6.68. The molecule has 0 saturated carbocycles. The fourth-order valence-electron chi connectivity index (χ4n) is 1.44. The molecule has 1 aromatic rings. The van der Waals surface area contributed by atoms with Crippen LogP contribution in [0.15, 0.2) is 24.4 Å². The van der Waals surface area contributed by atoms with Crippen molar-refractivity contribution in [2.75, 3.05) is 20.1 Å². The maximum Gasteiger partial charge on any atom is 0.0543 e. The molecular formula is C11H19N3. The summed E-state index contributed by atoms with van der Waals surface area (Å²) in [6.45, 7) is 4.82. The van der Waals surface area contributed by atoms with Crippen LogP contribution >= 0.6 is 0 Å². The highest BCUT2D eigenvalue weighted by Gasteiger charge is 2.05. The molecular weight excluding hydrogens is 174 g/mol. The second kappa shape index (κ2) is 5.73. The van der Waals surface area contributed by atoms with E-state index < -0.39 is 0 Å². The molecule has 0 fully saturated rings. The van der Waals surface area contributed by atoms with Crippen molar-refractivity contribution in [2.24, 2.45) is 11.7 Å². The Labute approximate surface area is 85.9 Å². The van der Waals surface area contributed by atoms with E-state index in [2.05, 4.69) is 23.9 Å². The first-order chi connectivity index (χ1) is 6.72. The molecule has 0 aliphatic rings. The van der Waals surface area contributed by atoms with Gasteiger partial charge in [-0.3, -0.25) is 4.98 Å². The highest BCUT2D eigenvalue weighted by Crippen LogP contribution is 2.01. The van der Waals surface area contributed by atoms with Crippen molar-refractivity contribution in [2.45, 2.75) is 13.5 Å². The molecule has 1 unspecified atom stereocenters. The summed E-state index contributed by atoms with van der Waals surface area (Å²) >= 11 is 0. The second-order valence-electron chi connectivity index (χ2n) is 3.86. The Morgan fingerprint density at radius 2 is 2.29 bits per heavy atom. The van der Waals surface area contributed by atoms with Gasteiger partial charge in [0.05, 0.1) is 5.69 Å². The van der Waals surface area contributed by atoms with Crippen molar-refractivity contribution in [1.82, 2.24) is 9.88 Å². The van der Waals surface area contributed by atoms with E-state index in [1.807, 2.05) is 24.4 Å². The van der Waals surface area contributed by atoms with Gasteiger partial charge in [-0.1, -0.05) is 13.0 Å². The molecule has 3 nitrogen and oxygen atoms in total. The van der Waals surface area contributed by atoms with Gasteiger partial charge in [0, 0.05) is 19.3 Å². The average Bonchev–Trinajstić information content (AvgIpc) is 2.19. The molecule has 0 radical (unpaired) electrons. The Kier molecular flexibility index (Phi) is 4.56. The van der Waals surface area contributed by atoms with Crippen LogP contribution in [-0.2, 0) is 6.54 Å². The third-order valence-corrected chi connectivity index (χ3v) is 2.18. The number of hydrogen-bond acceptors (Lipinski definition) is 3. The maximum absolute atomic E-state index is 5.57. The molecule has 0 aliphatic carbocycles. The molecule has 1 aromatic heterocycles. The highest BCUT2D eigenvalue weighted by atomic mass is 15.1. The Hall–Kier alpha value is -0.930. The lowest BCUT2D eigenvalue weighted by Crippen LogP contribution is -2.28. The van der Waals surface area contributed by atoms with Crippen LogP contribution in [-0.4, -0.2) is 30.0 Å². The summed E-state index contributed by atoms with van der Waals surface area (Å²) in [5, 5.41) is 0. The normalized spacial score (nSPS) is 13.1. The van der Waals surface area contributed by atoms with Gasteiger partial charge < -0.3 is 10.6 Å². The molecule has 0 aromatic carbocycles. The van der Waals surface area contributed by atoms with Crippen LogP contribution in [0.25, 0.3) is 0 Å². The van der Waals surface area contributed by atoms with Crippen LogP contribution in [0.3, 0.4) is 0 Å². The van der Waals surface area contributed by atoms with Gasteiger partial charge in [0.2, 0.25) is 0 Å². The van der Waals surface area contributed by atoms with Crippen LogP contribution in [0, 0.1) is 5.92 Å². The van der Waals surface area contributed by atoms with E-state index in [0.717, 1.165) is 25.3 Å². The third kappa shape index (κ3) is 3.85. The predicted molar refractivity (Wildman–Crippen MR) is 58.8 cm³/mol. The SMILES string of the molecule is CC(CN)CN(C)Cc1ccccn1. The number of rotatable bonds is 5. The fraction of sp³-hybridized carbons (Fsp3) is 0.545. The van der Waals surface area contributed by atoms with Gasteiger partial charge in [0.15, 0.2) is 0 Å². The molecule has 0 saturated heterocycles. The Morgan fingerprint density at radius 3 is 2.86 bits per heavy atom. The van der Waals surface area contributed by atoms with Gasteiger partial charge in [-0.05, 0) is 31.6 Å². The topological polar surface area (TPSA) is 42.1 Å². The molecule has 78 valence electrons. The lowest BCUT2D eigenvalue weighted by Gasteiger charge is -2.19. The fourth-order valence-corrected chi connectivity index (χ4v) is 1.44. The summed E-state index contributed by atoms with van der Waals surface area (Å²) in [6.07, 6.45) is 1.83. The van der Waals surface area contributed by atoms with Crippen molar-refractivity contribution >= 4 is 0 Å².